The first-order chi connectivity index (χ1) is 8.88. The van der Waals surface area contributed by atoms with Gasteiger partial charge in [0.15, 0.2) is 17.8 Å². The van der Waals surface area contributed by atoms with Gasteiger partial charge >= 0.3 is 0 Å². The molecule has 0 saturated carbocycles. The van der Waals surface area contributed by atoms with E-state index in [1.165, 1.54) is 0 Å². The van der Waals surface area contributed by atoms with Crippen molar-refractivity contribution in [2.75, 3.05) is 6.54 Å². The van der Waals surface area contributed by atoms with Crippen molar-refractivity contribution in [2.45, 2.75) is 18.9 Å². The number of pyridine rings is 1. The van der Waals surface area contributed by atoms with E-state index in [9.17, 15) is 0 Å². The van der Waals surface area contributed by atoms with Gasteiger partial charge in [-0.05, 0) is 25.0 Å². The molecule has 1 saturated heterocycles. The predicted octanol–water partition coefficient (Wildman–Crippen LogP) is 1.48. The van der Waals surface area contributed by atoms with Crippen molar-refractivity contribution in [2.24, 2.45) is 0 Å². The number of hydrogen-bond donors (Lipinski definition) is 1. The smallest absolute Gasteiger partial charge is 0.180 e. The Morgan fingerprint density at radius 3 is 3.11 bits per heavy atom. The molecule has 1 aliphatic heterocycles. The summed E-state index contributed by atoms with van der Waals surface area (Å²) in [6, 6.07) is 5.66. The third-order valence-corrected chi connectivity index (χ3v) is 3.11. The maximum Gasteiger partial charge on any atom is 0.180 e. The van der Waals surface area contributed by atoms with Crippen LogP contribution in [0.3, 0.4) is 0 Å². The second-order valence-corrected chi connectivity index (χ2v) is 4.23. The molecule has 1 aliphatic rings. The largest absolute Gasteiger partial charge is 0.322 e. The number of hydrogen-bond acceptors (Lipinski definition) is 5. The third-order valence-electron chi connectivity index (χ3n) is 3.11. The lowest BCUT2D eigenvalue weighted by atomic mass is 10.2. The van der Waals surface area contributed by atoms with Crippen LogP contribution in [-0.4, -0.2) is 31.6 Å². The van der Waals surface area contributed by atoms with Crippen LogP contribution in [0.25, 0.3) is 11.5 Å². The molecule has 90 valence electrons. The average Bonchev–Trinajstić information content (AvgIpc) is 3.08. The van der Waals surface area contributed by atoms with Crippen LogP contribution in [-0.2, 0) is 0 Å². The Balaban J connectivity index is 1.88. The molecule has 1 N–H and O–H groups in total. The molecular weight excluding hydrogens is 228 g/mol. The quantitative estimate of drug-likeness (QED) is 0.804. The third kappa shape index (κ3) is 1.80. The molecule has 2 aromatic heterocycles. The number of aromatic nitrogens is 4. The molecule has 3 heterocycles. The molecule has 0 aliphatic carbocycles. The van der Waals surface area contributed by atoms with Gasteiger partial charge in [-0.15, -0.1) is 10.2 Å². The van der Waals surface area contributed by atoms with Crippen molar-refractivity contribution in [1.29, 1.82) is 5.26 Å². The van der Waals surface area contributed by atoms with Crippen molar-refractivity contribution < 1.29 is 0 Å². The Bertz CT molecular complexity index is 570. The number of nitriles is 1. The van der Waals surface area contributed by atoms with Crippen LogP contribution in [0.4, 0.5) is 0 Å². The molecule has 3 rings (SSSR count). The van der Waals surface area contributed by atoms with E-state index < -0.39 is 0 Å². The van der Waals surface area contributed by atoms with Gasteiger partial charge in [0.05, 0.1) is 6.04 Å². The van der Waals surface area contributed by atoms with Crippen molar-refractivity contribution in [1.82, 2.24) is 25.1 Å². The fourth-order valence-electron chi connectivity index (χ4n) is 2.21. The van der Waals surface area contributed by atoms with Gasteiger partial charge in [0, 0.05) is 12.7 Å². The first-order valence-corrected chi connectivity index (χ1v) is 5.89. The second kappa shape index (κ2) is 4.45. The normalized spacial score (nSPS) is 18.8. The van der Waals surface area contributed by atoms with Crippen molar-refractivity contribution in [3.05, 3.63) is 30.2 Å². The standard InChI is InChI=1S/C12H12N6/c13-8-18-7-3-5-10(18)12-15-11(16-17-12)9-4-1-2-6-14-9/h1-2,4,6,10H,3,5,7H2,(H,15,16,17). The summed E-state index contributed by atoms with van der Waals surface area (Å²) in [5.41, 5.74) is 0.762. The van der Waals surface area contributed by atoms with Crippen LogP contribution in [0.5, 0.6) is 0 Å². The van der Waals surface area contributed by atoms with Crippen LogP contribution in [0.1, 0.15) is 24.7 Å². The summed E-state index contributed by atoms with van der Waals surface area (Å²) < 4.78 is 0. The molecule has 0 radical (unpaired) electrons. The van der Waals surface area contributed by atoms with Gasteiger partial charge in [-0.3, -0.25) is 9.88 Å². The maximum atomic E-state index is 9.02. The molecule has 18 heavy (non-hydrogen) atoms. The molecule has 0 aromatic carbocycles. The molecule has 6 nitrogen and oxygen atoms in total. The Hall–Kier alpha value is -2.42. The van der Waals surface area contributed by atoms with Gasteiger partial charge in [0.25, 0.3) is 0 Å². The number of nitrogens with one attached hydrogen (secondary N) is 1. The summed E-state index contributed by atoms with van der Waals surface area (Å²) in [5.74, 6) is 1.39. The lowest BCUT2D eigenvalue weighted by Gasteiger charge is -2.14. The fourth-order valence-corrected chi connectivity index (χ4v) is 2.21. The first kappa shape index (κ1) is 10.7. The second-order valence-electron chi connectivity index (χ2n) is 4.23. The van der Waals surface area contributed by atoms with Crippen LogP contribution in [0.2, 0.25) is 0 Å². The van der Waals surface area contributed by atoms with E-state index in [0.29, 0.717) is 5.82 Å². The van der Waals surface area contributed by atoms with Crippen LogP contribution in [0.15, 0.2) is 24.4 Å². The molecule has 0 spiro atoms. The minimum absolute atomic E-state index is 0.0277. The first-order valence-electron chi connectivity index (χ1n) is 5.89. The van der Waals surface area contributed by atoms with E-state index in [1.54, 1.807) is 11.1 Å². The molecule has 1 fully saturated rings. The van der Waals surface area contributed by atoms with E-state index in [1.807, 2.05) is 18.2 Å². The highest BCUT2D eigenvalue weighted by molar-refractivity contribution is 5.47. The van der Waals surface area contributed by atoms with Gasteiger partial charge in [0.1, 0.15) is 5.69 Å². The lowest BCUT2D eigenvalue weighted by Crippen LogP contribution is -2.18. The minimum Gasteiger partial charge on any atom is -0.322 e. The number of rotatable bonds is 2. The predicted molar refractivity (Wildman–Crippen MR) is 63.9 cm³/mol. The van der Waals surface area contributed by atoms with E-state index >= 15 is 0 Å². The Labute approximate surface area is 104 Å². The van der Waals surface area contributed by atoms with E-state index in [0.717, 1.165) is 30.9 Å². The zero-order chi connectivity index (χ0) is 12.4. The highest BCUT2D eigenvalue weighted by Crippen LogP contribution is 2.29. The zero-order valence-corrected chi connectivity index (χ0v) is 9.74. The van der Waals surface area contributed by atoms with Gasteiger partial charge in [0.2, 0.25) is 0 Å². The van der Waals surface area contributed by atoms with E-state index in [-0.39, 0.29) is 6.04 Å². The van der Waals surface area contributed by atoms with Gasteiger partial charge in [-0.2, -0.15) is 5.26 Å². The van der Waals surface area contributed by atoms with Crippen LogP contribution < -0.4 is 0 Å². The van der Waals surface area contributed by atoms with Gasteiger partial charge < -0.3 is 4.98 Å². The number of H-pyrrole nitrogens is 1. The van der Waals surface area contributed by atoms with Crippen molar-refractivity contribution >= 4 is 0 Å². The maximum absolute atomic E-state index is 9.02. The summed E-state index contributed by atoms with van der Waals surface area (Å²) in [6.07, 6.45) is 5.86. The SMILES string of the molecule is N#CN1CCCC1c1nnc(-c2ccccn2)[nH]1. The average molecular weight is 240 g/mol. The molecular formula is C12H12N6. The summed E-state index contributed by atoms with van der Waals surface area (Å²) in [7, 11) is 0. The minimum atomic E-state index is 0.0277. The van der Waals surface area contributed by atoms with Gasteiger partial charge in [-0.1, -0.05) is 6.07 Å². The fraction of sp³-hybridized carbons (Fsp3) is 0.333. The Kier molecular flexibility index (Phi) is 2.65. The Morgan fingerprint density at radius 1 is 1.39 bits per heavy atom. The van der Waals surface area contributed by atoms with E-state index in [2.05, 4.69) is 26.4 Å². The molecule has 2 aromatic rings. The topological polar surface area (TPSA) is 81.5 Å². The van der Waals surface area contributed by atoms with Crippen molar-refractivity contribution in [3.8, 4) is 17.7 Å². The summed E-state index contributed by atoms with van der Waals surface area (Å²) >= 11 is 0. The lowest BCUT2D eigenvalue weighted by molar-refractivity contribution is 0.360. The highest BCUT2D eigenvalue weighted by Gasteiger charge is 2.28. The van der Waals surface area contributed by atoms with E-state index in [4.69, 9.17) is 5.26 Å². The molecule has 6 heteroatoms. The zero-order valence-electron chi connectivity index (χ0n) is 9.74. The number of nitrogens with zero attached hydrogens (tertiary/aromatic N) is 5. The molecule has 1 atom stereocenters. The number of aromatic amines is 1. The van der Waals surface area contributed by atoms with Gasteiger partial charge in [-0.25, -0.2) is 0 Å². The molecule has 1 unspecified atom stereocenters. The molecule has 0 bridgehead atoms. The highest BCUT2D eigenvalue weighted by atomic mass is 15.3. The number of likely N-dealkylation sites (tertiary alicyclic amines) is 1. The van der Waals surface area contributed by atoms with Crippen LogP contribution in [0, 0.1) is 11.5 Å². The summed E-state index contributed by atoms with van der Waals surface area (Å²) in [4.78, 5) is 9.11. The monoisotopic (exact) mass is 240 g/mol. The van der Waals surface area contributed by atoms with Crippen LogP contribution >= 0.6 is 0 Å². The summed E-state index contributed by atoms with van der Waals surface area (Å²) in [5, 5.41) is 17.3. The summed E-state index contributed by atoms with van der Waals surface area (Å²) in [6.45, 7) is 0.792. The molecule has 0 amide bonds. The Morgan fingerprint density at radius 2 is 2.33 bits per heavy atom. The van der Waals surface area contributed by atoms with Crippen molar-refractivity contribution in [3.63, 3.8) is 0 Å².